The molecule has 0 saturated carbocycles. The molecule has 1 atom stereocenters. The molecule has 0 aliphatic carbocycles. The van der Waals surface area contributed by atoms with Gasteiger partial charge in [-0.2, -0.15) is 0 Å². The summed E-state index contributed by atoms with van der Waals surface area (Å²) in [5.41, 5.74) is 2.22. The minimum Gasteiger partial charge on any atom is -0.480 e. The van der Waals surface area contributed by atoms with Gasteiger partial charge in [-0.25, -0.2) is 18.6 Å². The van der Waals surface area contributed by atoms with Crippen LogP contribution in [0.3, 0.4) is 0 Å². The molecular formula is C25H40F2N4O3. The minimum absolute atomic E-state index is 0.0920. The SMILES string of the molecule is CCC(CC)CC(=O)NC(CCN(CCCCc1ccc2c(n1)NCCC2)CC(F)F)C(=O)O. The van der Waals surface area contributed by atoms with Crippen molar-refractivity contribution >= 4 is 17.7 Å². The topological polar surface area (TPSA) is 94.6 Å². The minimum atomic E-state index is -2.50. The molecule has 2 rings (SSSR count). The Labute approximate surface area is 201 Å². The van der Waals surface area contributed by atoms with E-state index in [-0.39, 0.29) is 31.2 Å². The van der Waals surface area contributed by atoms with E-state index in [1.807, 2.05) is 19.9 Å². The van der Waals surface area contributed by atoms with Crippen LogP contribution in [0.4, 0.5) is 14.6 Å². The van der Waals surface area contributed by atoms with Gasteiger partial charge in [-0.05, 0) is 62.6 Å². The molecule has 1 aliphatic heterocycles. The number of aromatic nitrogens is 1. The van der Waals surface area contributed by atoms with Crippen LogP contribution < -0.4 is 10.6 Å². The summed E-state index contributed by atoms with van der Waals surface area (Å²) in [7, 11) is 0. The van der Waals surface area contributed by atoms with Gasteiger partial charge in [0.1, 0.15) is 11.9 Å². The van der Waals surface area contributed by atoms with E-state index in [2.05, 4.69) is 21.7 Å². The van der Waals surface area contributed by atoms with Crippen molar-refractivity contribution < 1.29 is 23.5 Å². The first-order chi connectivity index (χ1) is 16.3. The Hall–Kier alpha value is -2.29. The second-order valence-electron chi connectivity index (χ2n) is 9.12. The Morgan fingerprint density at radius 3 is 2.65 bits per heavy atom. The van der Waals surface area contributed by atoms with Gasteiger partial charge in [-0.1, -0.05) is 32.8 Å². The molecule has 1 aromatic rings. The Balaban J connectivity index is 1.80. The van der Waals surface area contributed by atoms with Gasteiger partial charge in [0, 0.05) is 25.2 Å². The number of amides is 1. The van der Waals surface area contributed by atoms with Gasteiger partial charge in [-0.15, -0.1) is 0 Å². The Morgan fingerprint density at radius 1 is 1.21 bits per heavy atom. The number of halogens is 2. The number of carboxylic acid groups (broad SMARTS) is 1. The van der Waals surface area contributed by atoms with Gasteiger partial charge >= 0.3 is 5.97 Å². The highest BCUT2D eigenvalue weighted by Gasteiger charge is 2.23. The fraction of sp³-hybridized carbons (Fsp3) is 0.720. The highest BCUT2D eigenvalue weighted by Crippen LogP contribution is 2.20. The number of alkyl halides is 2. The maximum atomic E-state index is 13.1. The van der Waals surface area contributed by atoms with E-state index in [4.69, 9.17) is 0 Å². The lowest BCUT2D eigenvalue weighted by atomic mass is 9.99. The van der Waals surface area contributed by atoms with Crippen LogP contribution in [0.25, 0.3) is 0 Å². The molecule has 2 heterocycles. The summed E-state index contributed by atoms with van der Waals surface area (Å²) >= 11 is 0. The molecule has 0 radical (unpaired) electrons. The van der Waals surface area contributed by atoms with E-state index in [1.54, 1.807) is 4.90 Å². The number of unbranched alkanes of at least 4 members (excludes halogenated alkanes) is 1. The fourth-order valence-corrected chi connectivity index (χ4v) is 4.30. The second-order valence-corrected chi connectivity index (χ2v) is 9.12. The molecule has 1 amide bonds. The third-order valence-corrected chi connectivity index (χ3v) is 6.50. The van der Waals surface area contributed by atoms with Crippen molar-refractivity contribution in [1.29, 1.82) is 0 Å². The average Bonchev–Trinajstić information content (AvgIpc) is 2.81. The molecule has 192 valence electrons. The summed E-state index contributed by atoms with van der Waals surface area (Å²) in [6.07, 6.45) is 3.99. The molecule has 1 aliphatic rings. The molecule has 9 heteroatoms. The number of carbonyl (C=O) groups is 2. The van der Waals surface area contributed by atoms with Crippen LogP contribution in [0.15, 0.2) is 12.1 Å². The molecule has 0 bridgehead atoms. The molecule has 34 heavy (non-hydrogen) atoms. The number of nitrogens with one attached hydrogen (secondary N) is 2. The predicted molar refractivity (Wildman–Crippen MR) is 129 cm³/mol. The number of aliphatic carboxylic acids is 1. The lowest BCUT2D eigenvalue weighted by molar-refractivity contribution is -0.142. The molecular weight excluding hydrogens is 442 g/mol. The van der Waals surface area contributed by atoms with Crippen molar-refractivity contribution in [2.24, 2.45) is 5.92 Å². The van der Waals surface area contributed by atoms with Crippen LogP contribution in [0.2, 0.25) is 0 Å². The zero-order chi connectivity index (χ0) is 24.9. The predicted octanol–water partition coefficient (Wildman–Crippen LogP) is 4.12. The van der Waals surface area contributed by atoms with Crippen molar-refractivity contribution in [3.05, 3.63) is 23.4 Å². The average molecular weight is 483 g/mol. The van der Waals surface area contributed by atoms with E-state index in [9.17, 15) is 23.5 Å². The molecule has 0 fully saturated rings. The van der Waals surface area contributed by atoms with Crippen molar-refractivity contribution in [1.82, 2.24) is 15.2 Å². The number of anilines is 1. The van der Waals surface area contributed by atoms with Crippen LogP contribution in [-0.2, 0) is 22.4 Å². The number of fused-ring (bicyclic) bond motifs is 1. The number of pyridine rings is 1. The van der Waals surface area contributed by atoms with Gasteiger partial charge in [0.05, 0.1) is 6.54 Å². The van der Waals surface area contributed by atoms with E-state index < -0.39 is 25.0 Å². The molecule has 3 N–H and O–H groups in total. The number of nitrogens with zero attached hydrogens (tertiary/aromatic N) is 2. The maximum absolute atomic E-state index is 13.1. The van der Waals surface area contributed by atoms with Gasteiger partial charge in [-0.3, -0.25) is 9.69 Å². The summed E-state index contributed by atoms with van der Waals surface area (Å²) in [6, 6.07) is 3.07. The Bertz CT molecular complexity index is 775. The summed E-state index contributed by atoms with van der Waals surface area (Å²) in [5, 5.41) is 15.4. The second kappa shape index (κ2) is 14.9. The lowest BCUT2D eigenvalue weighted by Crippen LogP contribution is -2.44. The van der Waals surface area contributed by atoms with E-state index in [0.29, 0.717) is 13.0 Å². The third kappa shape index (κ3) is 9.91. The van der Waals surface area contributed by atoms with Crippen LogP contribution in [0, 0.1) is 5.92 Å². The first kappa shape index (κ1) is 28.0. The summed E-state index contributed by atoms with van der Waals surface area (Å²) in [6.45, 7) is 5.15. The standard InChI is InChI=1S/C25H40F2N4O3/c1-3-18(4-2)16-23(32)30-21(25(33)34)12-15-31(17-22(26)27)14-6-5-9-20-11-10-19-8-7-13-28-24(19)29-20/h10-11,18,21-22H,3-9,12-17H2,1-2H3,(H,28,29)(H,30,32)(H,33,34). The molecule has 0 spiro atoms. The van der Waals surface area contributed by atoms with Crippen LogP contribution >= 0.6 is 0 Å². The molecule has 1 aromatic heterocycles. The largest absolute Gasteiger partial charge is 0.480 e. The fourth-order valence-electron chi connectivity index (χ4n) is 4.30. The normalized spacial score (nSPS) is 14.2. The van der Waals surface area contributed by atoms with Gasteiger partial charge in [0.15, 0.2) is 0 Å². The number of aryl methyl sites for hydroxylation is 2. The third-order valence-electron chi connectivity index (χ3n) is 6.50. The Morgan fingerprint density at radius 2 is 1.97 bits per heavy atom. The first-order valence-electron chi connectivity index (χ1n) is 12.6. The molecule has 0 aromatic carbocycles. The number of hydrogen-bond donors (Lipinski definition) is 3. The van der Waals surface area contributed by atoms with Gasteiger partial charge < -0.3 is 15.7 Å². The van der Waals surface area contributed by atoms with Gasteiger partial charge in [0.25, 0.3) is 6.43 Å². The summed E-state index contributed by atoms with van der Waals surface area (Å²) < 4.78 is 26.2. The van der Waals surface area contributed by atoms with Crippen molar-refractivity contribution in [3.63, 3.8) is 0 Å². The number of carbonyl (C=O) groups excluding carboxylic acids is 1. The van der Waals surface area contributed by atoms with Gasteiger partial charge in [0.2, 0.25) is 5.91 Å². The van der Waals surface area contributed by atoms with Crippen molar-refractivity contribution in [3.8, 4) is 0 Å². The Kier molecular flexibility index (Phi) is 12.2. The highest BCUT2D eigenvalue weighted by atomic mass is 19.3. The number of carboxylic acids is 1. The molecule has 7 nitrogen and oxygen atoms in total. The lowest BCUT2D eigenvalue weighted by Gasteiger charge is -2.24. The van der Waals surface area contributed by atoms with Crippen molar-refractivity contribution in [2.45, 2.75) is 84.1 Å². The number of hydrogen-bond acceptors (Lipinski definition) is 5. The monoisotopic (exact) mass is 482 g/mol. The van der Waals surface area contributed by atoms with E-state index in [1.165, 1.54) is 5.56 Å². The first-order valence-corrected chi connectivity index (χ1v) is 12.6. The number of rotatable bonds is 16. The summed E-state index contributed by atoms with van der Waals surface area (Å²) in [4.78, 5) is 30.1. The molecule has 1 unspecified atom stereocenters. The van der Waals surface area contributed by atoms with Crippen molar-refractivity contribution in [2.75, 3.05) is 31.5 Å². The van der Waals surface area contributed by atoms with E-state index >= 15 is 0 Å². The van der Waals surface area contributed by atoms with Crippen LogP contribution in [0.5, 0.6) is 0 Å². The zero-order valence-electron chi connectivity index (χ0n) is 20.5. The molecule has 0 saturated heterocycles. The summed E-state index contributed by atoms with van der Waals surface area (Å²) in [5.74, 6) is -0.269. The van der Waals surface area contributed by atoms with E-state index in [0.717, 1.165) is 56.6 Å². The quantitative estimate of drug-likeness (QED) is 0.307. The zero-order valence-corrected chi connectivity index (χ0v) is 20.5. The van der Waals surface area contributed by atoms with Crippen LogP contribution in [0.1, 0.15) is 70.1 Å². The highest BCUT2D eigenvalue weighted by molar-refractivity contribution is 5.83. The van der Waals surface area contributed by atoms with Crippen LogP contribution in [-0.4, -0.2) is 65.5 Å². The smallest absolute Gasteiger partial charge is 0.326 e. The maximum Gasteiger partial charge on any atom is 0.326 e.